The molecule has 0 saturated carbocycles. The molecule has 0 aromatic heterocycles. The molecule has 4 atom stereocenters. The van der Waals surface area contributed by atoms with Crippen LogP contribution in [-0.4, -0.2) is 151 Å². The summed E-state index contributed by atoms with van der Waals surface area (Å²) >= 11 is 11.9. The number of amides is 2. The van der Waals surface area contributed by atoms with Crippen LogP contribution in [0.4, 0.5) is 20.2 Å². The zero-order chi connectivity index (χ0) is 56.1. The highest BCUT2D eigenvalue weighted by Crippen LogP contribution is 2.35. The third-order valence-electron chi connectivity index (χ3n) is 13.8. The number of carbonyl (C=O) groups excluding carboxylic acids is 2. The Balaban J connectivity index is 0.000000277. The molecule has 0 radical (unpaired) electrons. The van der Waals surface area contributed by atoms with Gasteiger partial charge in [0.15, 0.2) is 6.29 Å². The standard InChI is InChI=1S/C28H40ClFN4O.C24H31ClFN3O.C8H19NO2/c1-20(2)26(31-13-14-32(4)5)24-7-6-8-25(30)27(24)33-15-17-34(18-16-33)28(35)21(3)19-22-9-11-23(29)12-10-22;1-16(2)22(27)20-5-4-6-21(26)23(20)28-11-13-29(14-12-28)24(30)17(3)15-18-7-9-19(25)10-8-18;1-5-10-8(11-6-2)7-9(3)4/h6-12,20-21,26,31H,13-19H2,1-5H3;4-10,16-17,22H,11-15,27H2,1-3H3;8H,5-7H2,1-4H3/t21-,26+;17-,22+;/m11./s1. The second-order valence-corrected chi connectivity index (χ2v) is 22.2. The molecule has 2 aliphatic heterocycles. The molecule has 2 aliphatic rings. The quantitative estimate of drug-likeness (QED) is 0.0739. The Morgan fingerprint density at radius 1 is 0.605 bits per heavy atom. The van der Waals surface area contributed by atoms with Crippen LogP contribution in [0.2, 0.25) is 10.0 Å². The van der Waals surface area contributed by atoms with Crippen LogP contribution in [0.3, 0.4) is 0 Å². The van der Waals surface area contributed by atoms with Crippen molar-refractivity contribution in [1.82, 2.24) is 24.9 Å². The number of benzene rings is 4. The van der Waals surface area contributed by atoms with Crippen molar-refractivity contribution in [2.75, 3.05) is 123 Å². The first-order valence-corrected chi connectivity index (χ1v) is 28.1. The van der Waals surface area contributed by atoms with Crippen LogP contribution in [0.25, 0.3) is 0 Å². The Labute approximate surface area is 465 Å². The number of nitrogens with one attached hydrogen (secondary N) is 1. The van der Waals surface area contributed by atoms with Gasteiger partial charge >= 0.3 is 0 Å². The largest absolute Gasteiger partial charge is 0.365 e. The molecule has 6 rings (SSSR count). The predicted molar refractivity (Wildman–Crippen MR) is 311 cm³/mol. The molecule has 422 valence electrons. The number of rotatable bonds is 22. The molecular weight excluding hydrogens is 1010 g/mol. The molecule has 3 N–H and O–H groups in total. The minimum atomic E-state index is -0.250. The maximum Gasteiger partial charge on any atom is 0.225 e. The minimum absolute atomic E-state index is 0.0553. The molecule has 2 amide bonds. The van der Waals surface area contributed by atoms with Gasteiger partial charge in [0.2, 0.25) is 11.8 Å². The monoisotopic (exact) mass is 1090 g/mol. The van der Waals surface area contributed by atoms with E-state index in [-0.39, 0.29) is 59.6 Å². The normalized spacial score (nSPS) is 15.7. The Bertz CT molecular complexity index is 2320. The first-order chi connectivity index (χ1) is 36.1. The van der Waals surface area contributed by atoms with Crippen molar-refractivity contribution in [1.29, 1.82) is 0 Å². The van der Waals surface area contributed by atoms with Crippen LogP contribution in [0.1, 0.15) is 89.7 Å². The lowest BCUT2D eigenvalue weighted by Crippen LogP contribution is -2.51. The van der Waals surface area contributed by atoms with Crippen LogP contribution >= 0.6 is 23.2 Å². The van der Waals surface area contributed by atoms with Crippen LogP contribution in [-0.2, 0) is 31.9 Å². The number of anilines is 2. The summed E-state index contributed by atoms with van der Waals surface area (Å²) in [7, 11) is 8.11. The summed E-state index contributed by atoms with van der Waals surface area (Å²) in [6, 6.07) is 25.6. The van der Waals surface area contributed by atoms with E-state index in [2.05, 4.69) is 48.0 Å². The summed E-state index contributed by atoms with van der Waals surface area (Å²) in [5.41, 5.74) is 11.6. The number of para-hydroxylation sites is 2. The molecule has 0 bridgehead atoms. The minimum Gasteiger partial charge on any atom is -0.365 e. The maximum atomic E-state index is 15.2. The third-order valence-corrected chi connectivity index (χ3v) is 14.3. The van der Waals surface area contributed by atoms with Crippen LogP contribution < -0.4 is 20.9 Å². The maximum absolute atomic E-state index is 15.2. The lowest BCUT2D eigenvalue weighted by atomic mass is 9.93. The van der Waals surface area contributed by atoms with Gasteiger partial charge in [-0.3, -0.25) is 9.59 Å². The van der Waals surface area contributed by atoms with E-state index in [0.717, 1.165) is 41.9 Å². The molecule has 2 fully saturated rings. The summed E-state index contributed by atoms with van der Waals surface area (Å²) in [6.45, 7) is 25.1. The van der Waals surface area contributed by atoms with Gasteiger partial charge in [-0.05, 0) is 125 Å². The number of nitrogens with two attached hydrogens (primary N) is 1. The van der Waals surface area contributed by atoms with Gasteiger partial charge in [-0.15, -0.1) is 0 Å². The van der Waals surface area contributed by atoms with Crippen molar-refractivity contribution in [2.45, 2.75) is 86.6 Å². The predicted octanol–water partition coefficient (Wildman–Crippen LogP) is 10.5. The number of nitrogens with zero attached hydrogens (tertiary/aromatic N) is 6. The fourth-order valence-electron chi connectivity index (χ4n) is 9.63. The van der Waals surface area contributed by atoms with E-state index >= 15 is 4.39 Å². The van der Waals surface area contributed by atoms with Crippen molar-refractivity contribution < 1.29 is 27.8 Å². The Morgan fingerprint density at radius 2 is 1.01 bits per heavy atom. The van der Waals surface area contributed by atoms with Gasteiger partial charge in [-0.25, -0.2) is 8.78 Å². The van der Waals surface area contributed by atoms with Gasteiger partial charge in [0.1, 0.15) is 11.6 Å². The van der Waals surface area contributed by atoms with E-state index < -0.39 is 0 Å². The number of halogens is 4. The molecular formula is C60H90Cl2F2N8O4. The molecule has 2 saturated heterocycles. The molecule has 0 aliphatic carbocycles. The first-order valence-electron chi connectivity index (χ1n) is 27.3. The van der Waals surface area contributed by atoms with Gasteiger partial charge < -0.3 is 49.9 Å². The van der Waals surface area contributed by atoms with E-state index in [1.54, 1.807) is 18.2 Å². The van der Waals surface area contributed by atoms with Crippen molar-refractivity contribution in [3.63, 3.8) is 0 Å². The van der Waals surface area contributed by atoms with Gasteiger partial charge in [-0.2, -0.15) is 0 Å². The molecule has 0 spiro atoms. The molecule has 4 aromatic carbocycles. The molecule has 76 heavy (non-hydrogen) atoms. The van der Waals surface area contributed by atoms with E-state index in [0.29, 0.717) is 106 Å². The second-order valence-electron chi connectivity index (χ2n) is 21.3. The number of ether oxygens (including phenoxy) is 2. The van der Waals surface area contributed by atoms with Crippen LogP contribution in [0.5, 0.6) is 0 Å². The average Bonchev–Trinajstić information content (AvgIpc) is 3.38. The highest BCUT2D eigenvalue weighted by Gasteiger charge is 2.31. The fourth-order valence-corrected chi connectivity index (χ4v) is 9.88. The smallest absolute Gasteiger partial charge is 0.225 e. The number of hydrogen-bond acceptors (Lipinski definition) is 10. The van der Waals surface area contributed by atoms with Gasteiger partial charge in [0, 0.05) is 119 Å². The zero-order valence-electron chi connectivity index (χ0n) is 47.6. The summed E-state index contributed by atoms with van der Waals surface area (Å²) in [4.78, 5) is 38.2. The Kier molecular flexibility index (Phi) is 27.4. The summed E-state index contributed by atoms with van der Waals surface area (Å²) in [5.74, 6) is 0.138. The molecule has 12 nitrogen and oxygen atoms in total. The Hall–Kier alpha value is -4.38. The van der Waals surface area contributed by atoms with Gasteiger partial charge in [0.25, 0.3) is 0 Å². The summed E-state index contributed by atoms with van der Waals surface area (Å²) < 4.78 is 40.6. The fraction of sp³-hybridized carbons (Fsp3) is 0.567. The van der Waals surface area contributed by atoms with Gasteiger partial charge in [-0.1, -0.05) is 113 Å². The second kappa shape index (κ2) is 32.5. The van der Waals surface area contributed by atoms with Crippen LogP contribution in [0.15, 0.2) is 84.9 Å². The SMILES string of the molecule is CC(C)[C@H](N)c1cccc(F)c1N1CCN(C(=O)[C@H](C)Cc2ccc(Cl)cc2)CC1.CC(C)[C@H](NCCN(C)C)c1cccc(F)c1N1CCN(C(=O)[C@H](C)Cc2ccc(Cl)cc2)CC1.CCOC(CN(C)C)OCC. The lowest BCUT2D eigenvalue weighted by molar-refractivity contribution is -0.143. The molecule has 0 unspecified atom stereocenters. The number of piperazine rings is 2. The van der Waals surface area contributed by atoms with Crippen molar-refractivity contribution in [3.05, 3.63) is 129 Å². The first kappa shape index (κ1) is 64.1. The van der Waals surface area contributed by atoms with E-state index in [1.807, 2.05) is 131 Å². The average molecular weight is 1100 g/mol. The van der Waals surface area contributed by atoms with Crippen LogP contribution in [0, 0.1) is 35.3 Å². The van der Waals surface area contributed by atoms with E-state index in [9.17, 15) is 14.0 Å². The van der Waals surface area contributed by atoms with E-state index in [4.69, 9.17) is 38.4 Å². The molecule has 2 heterocycles. The Morgan fingerprint density at radius 3 is 1.38 bits per heavy atom. The summed E-state index contributed by atoms with van der Waals surface area (Å²) in [6.07, 6.45) is 1.29. The number of hydrogen-bond donors (Lipinski definition) is 2. The van der Waals surface area contributed by atoms with Gasteiger partial charge in [0.05, 0.1) is 11.4 Å². The zero-order valence-corrected chi connectivity index (χ0v) is 49.1. The lowest BCUT2D eigenvalue weighted by Gasteiger charge is -2.39. The van der Waals surface area contributed by atoms with E-state index in [1.165, 1.54) is 6.07 Å². The molecule has 16 heteroatoms. The highest BCUT2D eigenvalue weighted by atomic mass is 35.5. The third kappa shape index (κ3) is 20.1. The van der Waals surface area contributed by atoms with Crippen molar-refractivity contribution in [3.8, 4) is 0 Å². The molecule has 4 aromatic rings. The van der Waals surface area contributed by atoms with Crippen molar-refractivity contribution in [2.24, 2.45) is 29.4 Å². The number of likely N-dealkylation sites (N-methyl/N-ethyl adjacent to an activating group) is 2. The highest BCUT2D eigenvalue weighted by molar-refractivity contribution is 6.30. The topological polar surface area (TPSA) is 110 Å². The number of carbonyl (C=O) groups is 2. The summed E-state index contributed by atoms with van der Waals surface area (Å²) in [5, 5.41) is 5.03. The van der Waals surface area contributed by atoms with Crippen molar-refractivity contribution >= 4 is 46.4 Å².